The monoisotopic (exact) mass is 212 g/mol. The zero-order valence-electron chi connectivity index (χ0n) is 10.1. The number of hydrogen-bond donors (Lipinski definition) is 1. The summed E-state index contributed by atoms with van der Waals surface area (Å²) in [6, 6.07) is 0. The highest BCUT2D eigenvalue weighted by Gasteiger charge is 2.10. The smallest absolute Gasteiger partial charge is 0.0673 e. The lowest BCUT2D eigenvalue weighted by Crippen LogP contribution is -2.35. The van der Waals surface area contributed by atoms with E-state index in [1.807, 2.05) is 0 Å². The number of nitrogens with one attached hydrogen (secondary N) is 1. The largest absolute Gasteiger partial charge is 0.380 e. The second-order valence-electron chi connectivity index (χ2n) is 4.10. The van der Waals surface area contributed by atoms with Gasteiger partial charge in [-0.1, -0.05) is 13.0 Å². The molecule has 0 atom stereocenters. The highest BCUT2D eigenvalue weighted by molar-refractivity contribution is 5.07. The second-order valence-corrected chi connectivity index (χ2v) is 4.10. The summed E-state index contributed by atoms with van der Waals surface area (Å²) < 4.78 is 5.13. The van der Waals surface area contributed by atoms with Crippen molar-refractivity contribution in [1.29, 1.82) is 0 Å². The quantitative estimate of drug-likeness (QED) is 0.508. The molecule has 0 aliphatic carbocycles. The van der Waals surface area contributed by atoms with Crippen molar-refractivity contribution in [2.24, 2.45) is 0 Å². The van der Waals surface area contributed by atoms with E-state index in [9.17, 15) is 0 Å². The lowest BCUT2D eigenvalue weighted by Gasteiger charge is -2.26. The van der Waals surface area contributed by atoms with Gasteiger partial charge in [0.15, 0.2) is 0 Å². The first-order valence-electron chi connectivity index (χ1n) is 5.96. The molecule has 1 rings (SSSR count). The van der Waals surface area contributed by atoms with Gasteiger partial charge in [0.05, 0.1) is 6.61 Å². The van der Waals surface area contributed by atoms with Crippen LogP contribution in [-0.4, -0.2) is 51.3 Å². The Balaban J connectivity index is 2.09. The molecule has 0 amide bonds. The summed E-state index contributed by atoms with van der Waals surface area (Å²) in [5, 5.41) is 3.43. The topological polar surface area (TPSA) is 24.5 Å². The standard InChI is InChI=1S/C12H24N2O/c1-3-6-13-7-10-14-8-4-12(5-9-14)11-15-2/h4,13H,3,5-11H2,1-2H3. The average molecular weight is 212 g/mol. The van der Waals surface area contributed by atoms with Crippen molar-refractivity contribution in [2.45, 2.75) is 19.8 Å². The van der Waals surface area contributed by atoms with Gasteiger partial charge in [-0.25, -0.2) is 0 Å². The molecule has 0 unspecified atom stereocenters. The summed E-state index contributed by atoms with van der Waals surface area (Å²) in [5.74, 6) is 0. The fourth-order valence-electron chi connectivity index (χ4n) is 1.81. The van der Waals surface area contributed by atoms with E-state index in [0.717, 1.165) is 32.8 Å². The van der Waals surface area contributed by atoms with E-state index in [4.69, 9.17) is 4.74 Å². The molecule has 0 aromatic heterocycles. The van der Waals surface area contributed by atoms with Crippen molar-refractivity contribution in [3.05, 3.63) is 11.6 Å². The van der Waals surface area contributed by atoms with Crippen LogP contribution in [0.5, 0.6) is 0 Å². The van der Waals surface area contributed by atoms with Crippen LogP contribution in [0.15, 0.2) is 11.6 Å². The zero-order valence-corrected chi connectivity index (χ0v) is 10.1. The molecule has 0 fully saturated rings. The maximum atomic E-state index is 5.13. The second kappa shape index (κ2) is 7.85. The summed E-state index contributed by atoms with van der Waals surface area (Å²) >= 11 is 0. The van der Waals surface area contributed by atoms with Gasteiger partial charge >= 0.3 is 0 Å². The third-order valence-electron chi connectivity index (χ3n) is 2.75. The van der Waals surface area contributed by atoms with Crippen LogP contribution in [-0.2, 0) is 4.74 Å². The van der Waals surface area contributed by atoms with Crippen LogP contribution in [0.1, 0.15) is 19.8 Å². The Labute approximate surface area is 93.5 Å². The van der Waals surface area contributed by atoms with Gasteiger partial charge in [0, 0.05) is 33.3 Å². The zero-order chi connectivity index (χ0) is 10.9. The maximum Gasteiger partial charge on any atom is 0.0673 e. The molecule has 0 radical (unpaired) electrons. The van der Waals surface area contributed by atoms with Crippen LogP contribution in [0.25, 0.3) is 0 Å². The van der Waals surface area contributed by atoms with E-state index < -0.39 is 0 Å². The summed E-state index contributed by atoms with van der Waals surface area (Å²) in [6.07, 6.45) is 4.70. The predicted octanol–water partition coefficient (Wildman–Crippen LogP) is 1.26. The molecule has 88 valence electrons. The first-order chi connectivity index (χ1) is 7.36. The molecule has 3 heteroatoms. The van der Waals surface area contributed by atoms with E-state index in [-0.39, 0.29) is 0 Å². The Morgan fingerprint density at radius 3 is 2.93 bits per heavy atom. The van der Waals surface area contributed by atoms with Crippen molar-refractivity contribution in [3.8, 4) is 0 Å². The fourth-order valence-corrected chi connectivity index (χ4v) is 1.81. The predicted molar refractivity (Wildman–Crippen MR) is 64.2 cm³/mol. The molecule has 1 N–H and O–H groups in total. The van der Waals surface area contributed by atoms with Crippen LogP contribution in [0.3, 0.4) is 0 Å². The first-order valence-corrected chi connectivity index (χ1v) is 5.96. The van der Waals surface area contributed by atoms with Gasteiger partial charge < -0.3 is 10.1 Å². The van der Waals surface area contributed by atoms with Crippen LogP contribution in [0, 0.1) is 0 Å². The average Bonchev–Trinajstić information content (AvgIpc) is 2.27. The number of hydrogen-bond acceptors (Lipinski definition) is 3. The van der Waals surface area contributed by atoms with Crippen LogP contribution >= 0.6 is 0 Å². The normalized spacial score (nSPS) is 17.9. The minimum atomic E-state index is 0.807. The van der Waals surface area contributed by atoms with Crippen LogP contribution in [0.2, 0.25) is 0 Å². The van der Waals surface area contributed by atoms with E-state index >= 15 is 0 Å². The molecule has 0 saturated heterocycles. The SMILES string of the molecule is CCCNCCN1CC=C(COC)CC1. The van der Waals surface area contributed by atoms with Crippen molar-refractivity contribution < 1.29 is 4.74 Å². The lowest BCUT2D eigenvalue weighted by atomic mass is 10.1. The summed E-state index contributed by atoms with van der Waals surface area (Å²) in [6.45, 7) is 8.70. The molecular weight excluding hydrogens is 188 g/mol. The number of methoxy groups -OCH3 is 1. The van der Waals surface area contributed by atoms with Gasteiger partial charge in [-0.15, -0.1) is 0 Å². The molecule has 0 aromatic rings. The number of ether oxygens (including phenoxy) is 1. The number of nitrogens with zero attached hydrogens (tertiary/aromatic N) is 1. The minimum absolute atomic E-state index is 0.807. The van der Waals surface area contributed by atoms with Gasteiger partial charge in [0.25, 0.3) is 0 Å². The molecule has 3 nitrogen and oxygen atoms in total. The first kappa shape index (κ1) is 12.7. The lowest BCUT2D eigenvalue weighted by molar-refractivity contribution is 0.211. The Hall–Kier alpha value is -0.380. The van der Waals surface area contributed by atoms with E-state index in [2.05, 4.69) is 23.2 Å². The number of rotatable bonds is 7. The minimum Gasteiger partial charge on any atom is -0.380 e. The van der Waals surface area contributed by atoms with E-state index in [1.54, 1.807) is 7.11 Å². The molecule has 0 spiro atoms. The third-order valence-corrected chi connectivity index (χ3v) is 2.75. The van der Waals surface area contributed by atoms with Crippen molar-refractivity contribution in [3.63, 3.8) is 0 Å². The van der Waals surface area contributed by atoms with Gasteiger partial charge in [-0.3, -0.25) is 4.90 Å². The molecule has 1 aliphatic rings. The summed E-state index contributed by atoms with van der Waals surface area (Å²) in [4.78, 5) is 2.49. The molecule has 0 bridgehead atoms. The van der Waals surface area contributed by atoms with E-state index in [0.29, 0.717) is 0 Å². The van der Waals surface area contributed by atoms with Crippen molar-refractivity contribution in [1.82, 2.24) is 10.2 Å². The summed E-state index contributed by atoms with van der Waals surface area (Å²) in [7, 11) is 1.77. The molecule has 1 aliphatic heterocycles. The van der Waals surface area contributed by atoms with Gasteiger partial charge in [-0.05, 0) is 25.0 Å². The van der Waals surface area contributed by atoms with Gasteiger partial charge in [-0.2, -0.15) is 0 Å². The Morgan fingerprint density at radius 2 is 2.33 bits per heavy atom. The maximum absolute atomic E-state index is 5.13. The van der Waals surface area contributed by atoms with Gasteiger partial charge in [0.1, 0.15) is 0 Å². The van der Waals surface area contributed by atoms with Crippen LogP contribution < -0.4 is 5.32 Å². The van der Waals surface area contributed by atoms with Gasteiger partial charge in [0.2, 0.25) is 0 Å². The fraction of sp³-hybridized carbons (Fsp3) is 0.833. The third kappa shape index (κ3) is 5.30. The Morgan fingerprint density at radius 1 is 1.47 bits per heavy atom. The Kier molecular flexibility index (Phi) is 6.64. The molecule has 0 aromatic carbocycles. The van der Waals surface area contributed by atoms with Crippen molar-refractivity contribution >= 4 is 0 Å². The molecule has 1 heterocycles. The van der Waals surface area contributed by atoms with Crippen molar-refractivity contribution in [2.75, 3.05) is 46.4 Å². The van der Waals surface area contributed by atoms with E-state index in [1.165, 1.54) is 25.0 Å². The molecule has 0 saturated carbocycles. The summed E-state index contributed by atoms with van der Waals surface area (Å²) in [5.41, 5.74) is 1.45. The molecule has 15 heavy (non-hydrogen) atoms. The Bertz CT molecular complexity index is 192. The highest BCUT2D eigenvalue weighted by Crippen LogP contribution is 2.09. The van der Waals surface area contributed by atoms with Crippen LogP contribution in [0.4, 0.5) is 0 Å². The molecular formula is C12H24N2O. The highest BCUT2D eigenvalue weighted by atomic mass is 16.5.